The first-order valence-corrected chi connectivity index (χ1v) is 7.55. The minimum atomic E-state index is -0.414. The van der Waals surface area contributed by atoms with Gasteiger partial charge in [-0.25, -0.2) is 4.79 Å². The van der Waals surface area contributed by atoms with Gasteiger partial charge >= 0.3 is 5.69 Å². The van der Waals surface area contributed by atoms with Crippen LogP contribution in [0.2, 0.25) is 0 Å². The van der Waals surface area contributed by atoms with E-state index >= 15 is 0 Å². The number of aryl methyl sites for hydroxylation is 1. The van der Waals surface area contributed by atoms with E-state index in [4.69, 9.17) is 0 Å². The number of carbonyl (C=O) groups is 1. The number of hydrogen-bond acceptors (Lipinski definition) is 5. The van der Waals surface area contributed by atoms with Gasteiger partial charge in [-0.05, 0) is 34.6 Å². The molecule has 0 aromatic carbocycles. The van der Waals surface area contributed by atoms with Crippen molar-refractivity contribution in [3.05, 3.63) is 21.7 Å². The first kappa shape index (κ1) is 15.1. The molecule has 1 unspecified atom stereocenters. The van der Waals surface area contributed by atoms with E-state index in [1.165, 1.54) is 11.8 Å². The van der Waals surface area contributed by atoms with Crippen LogP contribution in [-0.4, -0.2) is 38.4 Å². The number of thioether (sulfide) groups is 1. The fraction of sp³-hybridized carbons (Fsp3) is 0.615. The molecule has 0 bridgehead atoms. The van der Waals surface area contributed by atoms with Crippen molar-refractivity contribution < 1.29 is 4.79 Å². The zero-order chi connectivity index (χ0) is 15.0. The van der Waals surface area contributed by atoms with E-state index in [9.17, 15) is 9.59 Å². The van der Waals surface area contributed by atoms with Crippen LogP contribution in [0.5, 0.6) is 0 Å². The maximum Gasteiger partial charge on any atom is 0.346 e. The smallest absolute Gasteiger partial charge is 0.311 e. The average Bonchev–Trinajstić information content (AvgIpc) is 2.25. The van der Waals surface area contributed by atoms with E-state index < -0.39 is 5.69 Å². The molecule has 2 heterocycles. The molecule has 7 heteroatoms. The first-order chi connectivity index (χ1) is 9.31. The lowest BCUT2D eigenvalue weighted by Crippen LogP contribution is -2.54. The molecular weight excluding hydrogens is 276 g/mol. The molecule has 0 saturated heterocycles. The second-order valence-electron chi connectivity index (χ2n) is 5.44. The summed E-state index contributed by atoms with van der Waals surface area (Å²) in [4.78, 5) is 32.5. The predicted molar refractivity (Wildman–Crippen MR) is 78.8 cm³/mol. The largest absolute Gasteiger partial charge is 0.346 e. The Labute approximate surface area is 122 Å². The highest BCUT2D eigenvalue weighted by atomic mass is 32.2. The lowest BCUT2D eigenvalue weighted by Gasteiger charge is -2.39. The van der Waals surface area contributed by atoms with E-state index in [2.05, 4.69) is 15.3 Å². The van der Waals surface area contributed by atoms with Crippen molar-refractivity contribution in [1.82, 2.24) is 20.2 Å². The third-order valence-corrected chi connectivity index (χ3v) is 4.15. The molecule has 0 spiro atoms. The third kappa shape index (κ3) is 2.73. The highest BCUT2D eigenvalue weighted by Crippen LogP contribution is 2.34. The minimum Gasteiger partial charge on any atom is -0.311 e. The third-order valence-electron chi connectivity index (χ3n) is 3.04. The Morgan fingerprint density at radius 3 is 2.50 bits per heavy atom. The number of rotatable bonds is 3. The topological polar surface area (TPSA) is 78.1 Å². The van der Waals surface area contributed by atoms with E-state index in [0.29, 0.717) is 16.3 Å². The number of carbonyl (C=O) groups excluding carboxylic acids is 1. The molecule has 0 aliphatic carbocycles. The number of hydrogen-bond donors (Lipinski definition) is 2. The number of nitrogens with one attached hydrogen (secondary N) is 2. The fourth-order valence-electron chi connectivity index (χ4n) is 2.20. The lowest BCUT2D eigenvalue weighted by atomic mass is 10.2. The van der Waals surface area contributed by atoms with Gasteiger partial charge in [-0.2, -0.15) is 4.98 Å². The maximum absolute atomic E-state index is 12.7. The lowest BCUT2D eigenvalue weighted by molar-refractivity contribution is 0.0636. The minimum absolute atomic E-state index is 0.0609. The van der Waals surface area contributed by atoms with Crippen molar-refractivity contribution in [3.8, 4) is 0 Å². The summed E-state index contributed by atoms with van der Waals surface area (Å²) in [5.41, 5.74) is 0.461. The first-order valence-electron chi connectivity index (χ1n) is 6.67. The van der Waals surface area contributed by atoms with Crippen molar-refractivity contribution in [2.75, 3.05) is 0 Å². The molecule has 1 atom stereocenters. The summed E-state index contributed by atoms with van der Waals surface area (Å²) in [5.74, 6) is -0.0897. The summed E-state index contributed by atoms with van der Waals surface area (Å²) in [7, 11) is 0. The Morgan fingerprint density at radius 1 is 1.30 bits per heavy atom. The van der Waals surface area contributed by atoms with Crippen molar-refractivity contribution >= 4 is 17.7 Å². The number of H-pyrrole nitrogens is 1. The predicted octanol–water partition coefficient (Wildman–Crippen LogP) is 1.32. The van der Waals surface area contributed by atoms with Crippen molar-refractivity contribution in [2.24, 2.45) is 0 Å². The Balaban J connectivity index is 2.50. The van der Waals surface area contributed by atoms with Crippen LogP contribution in [0.25, 0.3) is 0 Å². The van der Waals surface area contributed by atoms with Crippen LogP contribution in [0.15, 0.2) is 9.82 Å². The van der Waals surface area contributed by atoms with Crippen LogP contribution >= 0.6 is 11.8 Å². The SMILES string of the molecule is Cc1[nH]c(=O)nc2c1C(=O)N(C(C)C)C(NC(C)C)S2. The zero-order valence-corrected chi connectivity index (χ0v) is 13.2. The Bertz CT molecular complexity index is 582. The van der Waals surface area contributed by atoms with E-state index in [1.807, 2.05) is 27.7 Å². The zero-order valence-electron chi connectivity index (χ0n) is 12.4. The number of nitrogens with zero attached hydrogens (tertiary/aromatic N) is 2. The van der Waals surface area contributed by atoms with Crippen LogP contribution in [0.1, 0.15) is 43.7 Å². The molecule has 20 heavy (non-hydrogen) atoms. The van der Waals surface area contributed by atoms with Crippen LogP contribution in [0.4, 0.5) is 0 Å². The molecular formula is C13H20N4O2S. The number of aromatic amines is 1. The summed E-state index contributed by atoms with van der Waals surface area (Å²) in [6.07, 6.45) is 0. The van der Waals surface area contributed by atoms with E-state index in [-0.39, 0.29) is 23.5 Å². The molecule has 1 amide bonds. The van der Waals surface area contributed by atoms with Gasteiger partial charge in [0.15, 0.2) is 0 Å². The van der Waals surface area contributed by atoms with Crippen molar-refractivity contribution in [2.45, 2.75) is 57.2 Å². The molecule has 6 nitrogen and oxygen atoms in total. The summed E-state index contributed by atoms with van der Waals surface area (Å²) >= 11 is 1.42. The van der Waals surface area contributed by atoms with Crippen molar-refractivity contribution in [1.29, 1.82) is 0 Å². The molecule has 2 rings (SSSR count). The highest BCUT2D eigenvalue weighted by Gasteiger charge is 2.37. The monoisotopic (exact) mass is 296 g/mol. The van der Waals surface area contributed by atoms with Crippen LogP contribution in [0.3, 0.4) is 0 Å². The summed E-state index contributed by atoms with van der Waals surface area (Å²) in [5, 5.41) is 3.84. The number of amides is 1. The van der Waals surface area contributed by atoms with Gasteiger partial charge in [0, 0.05) is 17.8 Å². The van der Waals surface area contributed by atoms with Gasteiger partial charge < -0.3 is 9.88 Å². The molecule has 110 valence electrons. The van der Waals surface area contributed by atoms with Crippen LogP contribution < -0.4 is 11.0 Å². The summed E-state index contributed by atoms with van der Waals surface area (Å²) in [6.45, 7) is 9.74. The molecule has 1 aliphatic rings. The van der Waals surface area contributed by atoms with Gasteiger partial charge in [0.2, 0.25) is 0 Å². The Morgan fingerprint density at radius 2 is 1.95 bits per heavy atom. The molecule has 2 N–H and O–H groups in total. The molecule has 1 aliphatic heterocycles. The number of aromatic nitrogens is 2. The fourth-order valence-corrected chi connectivity index (χ4v) is 3.70. The number of fused-ring (bicyclic) bond motifs is 1. The van der Waals surface area contributed by atoms with Gasteiger partial charge in [-0.15, -0.1) is 0 Å². The van der Waals surface area contributed by atoms with Crippen molar-refractivity contribution in [3.63, 3.8) is 0 Å². The van der Waals surface area contributed by atoms with Gasteiger partial charge in [0.25, 0.3) is 5.91 Å². The standard InChI is InChI=1S/C13H20N4O2S/c1-6(2)14-13-17(7(3)4)11(18)9-8(5)15-12(19)16-10(9)20-13/h6-7,13-14H,1-5H3,(H,15,16,19). The van der Waals surface area contributed by atoms with Gasteiger partial charge in [-0.1, -0.05) is 11.8 Å². The normalized spacial score (nSPS) is 18.9. The molecule has 0 fully saturated rings. The highest BCUT2D eigenvalue weighted by molar-refractivity contribution is 8.00. The quantitative estimate of drug-likeness (QED) is 0.823. The molecule has 0 radical (unpaired) electrons. The summed E-state index contributed by atoms with van der Waals surface area (Å²) in [6, 6.07) is 0.289. The molecule has 1 aromatic heterocycles. The Kier molecular flexibility index (Phi) is 4.19. The van der Waals surface area contributed by atoms with Crippen LogP contribution in [0, 0.1) is 6.92 Å². The van der Waals surface area contributed by atoms with E-state index in [1.54, 1.807) is 11.8 Å². The molecule has 0 saturated carbocycles. The molecule has 1 aromatic rings. The van der Waals surface area contributed by atoms with Gasteiger partial charge in [0.05, 0.1) is 5.56 Å². The average molecular weight is 296 g/mol. The Hall–Kier alpha value is -1.34. The summed E-state index contributed by atoms with van der Waals surface area (Å²) < 4.78 is 0. The van der Waals surface area contributed by atoms with E-state index in [0.717, 1.165) is 0 Å². The van der Waals surface area contributed by atoms with Gasteiger partial charge in [-0.3, -0.25) is 10.1 Å². The van der Waals surface area contributed by atoms with Crippen LogP contribution in [-0.2, 0) is 0 Å². The second-order valence-corrected chi connectivity index (χ2v) is 6.51. The second kappa shape index (κ2) is 5.57. The van der Waals surface area contributed by atoms with Gasteiger partial charge in [0.1, 0.15) is 10.5 Å². The maximum atomic E-state index is 12.7.